The zero-order valence-electron chi connectivity index (χ0n) is 11.8. The molecule has 1 aromatic heterocycles. The van der Waals surface area contributed by atoms with Gasteiger partial charge in [-0.25, -0.2) is 10.8 Å². The molecule has 110 valence electrons. The van der Waals surface area contributed by atoms with Crippen LogP contribution in [0.4, 0.5) is 5.82 Å². The van der Waals surface area contributed by atoms with Gasteiger partial charge in [0.15, 0.2) is 0 Å². The number of benzene rings is 1. The summed E-state index contributed by atoms with van der Waals surface area (Å²) in [4.78, 5) is 15.9. The minimum atomic E-state index is -0.193. The predicted octanol–water partition coefficient (Wildman–Crippen LogP) is 1.48. The number of carbonyl (C=O) groups is 1. The highest BCUT2D eigenvalue weighted by Gasteiger charge is 2.05. The maximum atomic E-state index is 11.9. The third kappa shape index (κ3) is 4.47. The largest absolute Gasteiger partial charge is 0.492 e. The number of aryl methyl sites for hydroxylation is 1. The fourth-order valence-electron chi connectivity index (χ4n) is 1.79. The Kier molecular flexibility index (Phi) is 5.11. The second kappa shape index (κ2) is 7.25. The number of rotatable bonds is 6. The number of pyridine rings is 1. The third-order valence-corrected chi connectivity index (χ3v) is 2.82. The number of hydrogen-bond acceptors (Lipinski definition) is 5. The van der Waals surface area contributed by atoms with E-state index >= 15 is 0 Å². The van der Waals surface area contributed by atoms with Gasteiger partial charge in [-0.05, 0) is 36.8 Å². The van der Waals surface area contributed by atoms with Gasteiger partial charge >= 0.3 is 0 Å². The SMILES string of the molecule is Cc1cccc(OCCNC(=O)c2ccnc(NN)c2)c1. The number of hydrazine groups is 1. The molecule has 4 N–H and O–H groups in total. The van der Waals surface area contributed by atoms with E-state index in [4.69, 9.17) is 10.6 Å². The lowest BCUT2D eigenvalue weighted by Gasteiger charge is -2.08. The van der Waals surface area contributed by atoms with Crippen molar-refractivity contribution in [2.45, 2.75) is 6.92 Å². The molecule has 0 fully saturated rings. The number of nitrogens with zero attached hydrogens (tertiary/aromatic N) is 1. The highest BCUT2D eigenvalue weighted by atomic mass is 16.5. The summed E-state index contributed by atoms with van der Waals surface area (Å²) in [6.07, 6.45) is 1.52. The van der Waals surface area contributed by atoms with Crippen molar-refractivity contribution >= 4 is 11.7 Å². The van der Waals surface area contributed by atoms with Crippen molar-refractivity contribution < 1.29 is 9.53 Å². The van der Waals surface area contributed by atoms with Gasteiger partial charge in [0.2, 0.25) is 0 Å². The molecule has 0 aliphatic carbocycles. The number of nitrogens with two attached hydrogens (primary N) is 1. The molecule has 0 radical (unpaired) electrons. The van der Waals surface area contributed by atoms with E-state index in [1.54, 1.807) is 12.1 Å². The molecule has 0 unspecified atom stereocenters. The van der Waals surface area contributed by atoms with E-state index in [-0.39, 0.29) is 5.91 Å². The zero-order chi connectivity index (χ0) is 15.1. The van der Waals surface area contributed by atoms with Crippen LogP contribution in [0.25, 0.3) is 0 Å². The highest BCUT2D eigenvalue weighted by molar-refractivity contribution is 5.94. The van der Waals surface area contributed by atoms with E-state index in [1.165, 1.54) is 6.20 Å². The van der Waals surface area contributed by atoms with E-state index in [2.05, 4.69) is 15.7 Å². The van der Waals surface area contributed by atoms with Crippen LogP contribution in [0.2, 0.25) is 0 Å². The van der Waals surface area contributed by atoms with Gasteiger partial charge in [0.25, 0.3) is 5.91 Å². The van der Waals surface area contributed by atoms with E-state index in [0.717, 1.165) is 11.3 Å². The standard InChI is InChI=1S/C15H18N4O2/c1-11-3-2-4-13(9-11)21-8-7-18-15(20)12-5-6-17-14(10-12)19-16/h2-6,9-10H,7-8,16H2,1H3,(H,17,19)(H,18,20). The van der Waals surface area contributed by atoms with Crippen LogP contribution in [0, 0.1) is 6.92 Å². The Bertz CT molecular complexity index is 616. The number of amides is 1. The summed E-state index contributed by atoms with van der Waals surface area (Å²) in [5.74, 6) is 6.30. The van der Waals surface area contributed by atoms with E-state index in [0.29, 0.717) is 24.5 Å². The van der Waals surface area contributed by atoms with Crippen LogP contribution in [-0.4, -0.2) is 24.0 Å². The summed E-state index contributed by atoms with van der Waals surface area (Å²) >= 11 is 0. The Morgan fingerprint density at radius 3 is 2.95 bits per heavy atom. The molecule has 0 saturated heterocycles. The predicted molar refractivity (Wildman–Crippen MR) is 81.1 cm³/mol. The minimum absolute atomic E-state index is 0.193. The Labute approximate surface area is 123 Å². The first-order chi connectivity index (χ1) is 10.2. The lowest BCUT2D eigenvalue weighted by atomic mass is 10.2. The molecule has 1 heterocycles. The average molecular weight is 286 g/mol. The topological polar surface area (TPSA) is 89.3 Å². The normalized spacial score (nSPS) is 10.0. The highest BCUT2D eigenvalue weighted by Crippen LogP contribution is 2.11. The van der Waals surface area contributed by atoms with E-state index < -0.39 is 0 Å². The lowest BCUT2D eigenvalue weighted by molar-refractivity contribution is 0.0947. The molecule has 0 aliphatic heterocycles. The molecular formula is C15H18N4O2. The van der Waals surface area contributed by atoms with Gasteiger partial charge in [-0.1, -0.05) is 12.1 Å². The zero-order valence-corrected chi connectivity index (χ0v) is 11.8. The monoisotopic (exact) mass is 286 g/mol. The molecule has 2 aromatic rings. The fourth-order valence-corrected chi connectivity index (χ4v) is 1.79. The summed E-state index contributed by atoms with van der Waals surface area (Å²) in [6, 6.07) is 11.0. The Balaban J connectivity index is 1.79. The van der Waals surface area contributed by atoms with Crippen molar-refractivity contribution in [3.8, 4) is 5.75 Å². The van der Waals surface area contributed by atoms with Gasteiger partial charge in [0.1, 0.15) is 18.2 Å². The first-order valence-electron chi connectivity index (χ1n) is 6.59. The molecular weight excluding hydrogens is 268 g/mol. The first kappa shape index (κ1) is 14.8. The second-order valence-electron chi connectivity index (χ2n) is 4.49. The lowest BCUT2D eigenvalue weighted by Crippen LogP contribution is -2.28. The van der Waals surface area contributed by atoms with Crippen molar-refractivity contribution in [2.75, 3.05) is 18.6 Å². The van der Waals surface area contributed by atoms with Gasteiger partial charge in [-0.15, -0.1) is 0 Å². The molecule has 21 heavy (non-hydrogen) atoms. The number of nitrogens with one attached hydrogen (secondary N) is 2. The Morgan fingerprint density at radius 2 is 2.19 bits per heavy atom. The second-order valence-corrected chi connectivity index (χ2v) is 4.49. The van der Waals surface area contributed by atoms with Crippen LogP contribution in [0.1, 0.15) is 15.9 Å². The molecule has 0 atom stereocenters. The van der Waals surface area contributed by atoms with Crippen LogP contribution in [0.5, 0.6) is 5.75 Å². The molecule has 0 bridgehead atoms. The van der Waals surface area contributed by atoms with Gasteiger partial charge in [-0.3, -0.25) is 4.79 Å². The molecule has 6 nitrogen and oxygen atoms in total. The van der Waals surface area contributed by atoms with Crippen LogP contribution >= 0.6 is 0 Å². The van der Waals surface area contributed by atoms with E-state index in [9.17, 15) is 4.79 Å². The molecule has 1 aromatic carbocycles. The smallest absolute Gasteiger partial charge is 0.251 e. The maximum absolute atomic E-state index is 11.9. The van der Waals surface area contributed by atoms with E-state index in [1.807, 2.05) is 31.2 Å². The summed E-state index contributed by atoms with van der Waals surface area (Å²) in [5.41, 5.74) is 4.03. The van der Waals surface area contributed by atoms with Crippen molar-refractivity contribution in [1.29, 1.82) is 0 Å². The van der Waals surface area contributed by atoms with Gasteiger partial charge in [-0.2, -0.15) is 0 Å². The molecule has 2 rings (SSSR count). The van der Waals surface area contributed by atoms with Gasteiger partial charge < -0.3 is 15.5 Å². The van der Waals surface area contributed by atoms with Gasteiger partial charge in [0, 0.05) is 11.8 Å². The average Bonchev–Trinajstić information content (AvgIpc) is 2.51. The molecule has 0 saturated carbocycles. The number of hydrogen-bond donors (Lipinski definition) is 3. The molecule has 6 heteroatoms. The molecule has 0 spiro atoms. The summed E-state index contributed by atoms with van der Waals surface area (Å²) in [5, 5.41) is 2.77. The maximum Gasteiger partial charge on any atom is 0.251 e. The van der Waals surface area contributed by atoms with Crippen molar-refractivity contribution in [3.05, 3.63) is 53.7 Å². The summed E-state index contributed by atoms with van der Waals surface area (Å²) < 4.78 is 5.56. The van der Waals surface area contributed by atoms with Crippen LogP contribution in [0.15, 0.2) is 42.6 Å². The molecule has 1 amide bonds. The number of ether oxygens (including phenoxy) is 1. The summed E-state index contributed by atoms with van der Waals surface area (Å²) in [7, 11) is 0. The fraction of sp³-hybridized carbons (Fsp3) is 0.200. The van der Waals surface area contributed by atoms with Crippen molar-refractivity contribution in [2.24, 2.45) is 5.84 Å². The first-order valence-corrected chi connectivity index (χ1v) is 6.59. The van der Waals surface area contributed by atoms with Crippen molar-refractivity contribution in [3.63, 3.8) is 0 Å². The van der Waals surface area contributed by atoms with Crippen LogP contribution in [0.3, 0.4) is 0 Å². The van der Waals surface area contributed by atoms with Gasteiger partial charge in [0.05, 0.1) is 6.54 Å². The Hall–Kier alpha value is -2.60. The number of nitrogen functional groups attached to an aromatic ring is 1. The number of carbonyl (C=O) groups excluding carboxylic acids is 1. The van der Waals surface area contributed by atoms with Crippen LogP contribution < -0.4 is 21.3 Å². The number of aromatic nitrogens is 1. The third-order valence-electron chi connectivity index (χ3n) is 2.82. The quantitative estimate of drug-likeness (QED) is 0.425. The minimum Gasteiger partial charge on any atom is -0.492 e. The van der Waals surface area contributed by atoms with Crippen LogP contribution in [-0.2, 0) is 0 Å². The molecule has 0 aliphatic rings. The number of anilines is 1. The summed E-state index contributed by atoms with van der Waals surface area (Å²) in [6.45, 7) is 2.82. The Morgan fingerprint density at radius 1 is 1.33 bits per heavy atom. The van der Waals surface area contributed by atoms with Crippen molar-refractivity contribution in [1.82, 2.24) is 10.3 Å².